The van der Waals surface area contributed by atoms with Crippen LogP contribution < -0.4 is 5.32 Å². The molecule has 102 valence electrons. The molecule has 2 aromatic heterocycles. The van der Waals surface area contributed by atoms with Crippen LogP contribution in [-0.4, -0.2) is 21.0 Å². The lowest BCUT2D eigenvalue weighted by molar-refractivity contribution is 0.295. The van der Waals surface area contributed by atoms with Crippen molar-refractivity contribution in [1.29, 1.82) is 0 Å². The first-order valence-corrected chi connectivity index (χ1v) is 7.36. The third kappa shape index (κ3) is 1.91. The van der Waals surface area contributed by atoms with Crippen LogP contribution in [0.1, 0.15) is 42.4 Å². The third-order valence-electron chi connectivity index (χ3n) is 4.32. The quantitative estimate of drug-likeness (QED) is 0.862. The zero-order valence-corrected chi connectivity index (χ0v) is 11.6. The summed E-state index contributed by atoms with van der Waals surface area (Å²) in [4.78, 5) is 13.9. The van der Waals surface area contributed by atoms with Crippen LogP contribution in [0.3, 0.4) is 0 Å². The lowest BCUT2D eigenvalue weighted by Crippen LogP contribution is -2.43. The lowest BCUT2D eigenvalue weighted by atomic mass is 9.83. The van der Waals surface area contributed by atoms with Gasteiger partial charge in [-0.1, -0.05) is 6.07 Å². The number of aryl methyl sites for hydroxylation is 1. The number of rotatable bonds is 1. The van der Waals surface area contributed by atoms with Crippen molar-refractivity contribution in [3.05, 3.63) is 41.5 Å². The van der Waals surface area contributed by atoms with Crippen LogP contribution in [0.15, 0.2) is 24.4 Å². The predicted molar refractivity (Wildman–Crippen MR) is 77.2 cm³/mol. The topological polar surface area (TPSA) is 50.7 Å². The Morgan fingerprint density at radius 1 is 1.20 bits per heavy atom. The second kappa shape index (κ2) is 4.63. The van der Waals surface area contributed by atoms with E-state index < -0.39 is 0 Å². The Morgan fingerprint density at radius 2 is 2.15 bits per heavy atom. The maximum atomic E-state index is 4.72. The van der Waals surface area contributed by atoms with E-state index in [0.717, 1.165) is 23.6 Å². The fourth-order valence-electron chi connectivity index (χ4n) is 3.46. The Balaban J connectivity index is 1.90. The number of aromatic nitrogens is 3. The molecule has 0 saturated carbocycles. The summed E-state index contributed by atoms with van der Waals surface area (Å²) in [6.07, 6.45) is 6.59. The van der Waals surface area contributed by atoms with Crippen molar-refractivity contribution in [1.82, 2.24) is 20.3 Å². The molecule has 0 unspecified atom stereocenters. The van der Waals surface area contributed by atoms with E-state index in [2.05, 4.69) is 15.3 Å². The number of hydrogen-bond acceptors (Lipinski definition) is 4. The molecule has 0 aromatic carbocycles. The largest absolute Gasteiger partial charge is 0.305 e. The highest BCUT2D eigenvalue weighted by atomic mass is 15.0. The number of piperidine rings is 1. The number of hydrogen-bond donors (Lipinski definition) is 1. The van der Waals surface area contributed by atoms with Crippen LogP contribution in [0.4, 0.5) is 0 Å². The van der Waals surface area contributed by atoms with Crippen molar-refractivity contribution in [3.63, 3.8) is 0 Å². The van der Waals surface area contributed by atoms with Gasteiger partial charge in [-0.05, 0) is 44.7 Å². The van der Waals surface area contributed by atoms with Gasteiger partial charge in [0.15, 0.2) is 0 Å². The van der Waals surface area contributed by atoms with Crippen molar-refractivity contribution in [3.8, 4) is 11.4 Å². The average Bonchev–Trinajstić information content (AvgIpc) is 2.49. The van der Waals surface area contributed by atoms with Crippen molar-refractivity contribution < 1.29 is 0 Å². The molecule has 0 amide bonds. The highest BCUT2D eigenvalue weighted by Gasteiger charge is 2.33. The number of nitrogens with zero attached hydrogens (tertiary/aromatic N) is 3. The molecule has 4 rings (SSSR count). The highest BCUT2D eigenvalue weighted by molar-refractivity contribution is 5.61. The highest BCUT2D eigenvalue weighted by Crippen LogP contribution is 2.36. The lowest BCUT2D eigenvalue weighted by Gasteiger charge is -2.37. The fraction of sp³-hybridized carbons (Fsp3) is 0.438. The molecular weight excluding hydrogens is 248 g/mol. The molecule has 20 heavy (non-hydrogen) atoms. The smallest absolute Gasteiger partial charge is 0.126 e. The van der Waals surface area contributed by atoms with Gasteiger partial charge >= 0.3 is 0 Å². The number of fused-ring (bicyclic) bond motifs is 4. The summed E-state index contributed by atoms with van der Waals surface area (Å²) in [5, 5.41) is 3.70. The summed E-state index contributed by atoms with van der Waals surface area (Å²) in [6.45, 7) is 1.97. The Hall–Kier alpha value is -1.81. The minimum absolute atomic E-state index is 0.404. The van der Waals surface area contributed by atoms with Crippen molar-refractivity contribution in [2.75, 3.05) is 0 Å². The zero-order valence-electron chi connectivity index (χ0n) is 11.6. The van der Waals surface area contributed by atoms with Gasteiger partial charge in [-0.15, -0.1) is 0 Å². The summed E-state index contributed by atoms with van der Waals surface area (Å²) >= 11 is 0. The van der Waals surface area contributed by atoms with Crippen molar-refractivity contribution in [2.24, 2.45) is 0 Å². The monoisotopic (exact) mass is 266 g/mol. The maximum absolute atomic E-state index is 4.72. The molecule has 2 aromatic rings. The predicted octanol–water partition coefficient (Wildman–Crippen LogP) is 2.59. The fourth-order valence-corrected chi connectivity index (χ4v) is 3.46. The average molecular weight is 266 g/mol. The molecule has 0 radical (unpaired) electrons. The van der Waals surface area contributed by atoms with Crippen LogP contribution >= 0.6 is 0 Å². The van der Waals surface area contributed by atoms with Gasteiger partial charge in [-0.3, -0.25) is 4.98 Å². The Bertz CT molecular complexity index is 638. The first kappa shape index (κ1) is 12.0. The third-order valence-corrected chi connectivity index (χ3v) is 4.32. The molecule has 2 aliphatic heterocycles. The number of nitrogens with one attached hydrogen (secondary N) is 1. The van der Waals surface area contributed by atoms with Crippen molar-refractivity contribution in [2.45, 2.75) is 44.7 Å². The van der Waals surface area contributed by atoms with E-state index in [4.69, 9.17) is 4.98 Å². The van der Waals surface area contributed by atoms with Gasteiger partial charge in [-0.2, -0.15) is 0 Å². The normalized spacial score (nSPS) is 24.2. The van der Waals surface area contributed by atoms with Gasteiger partial charge in [-0.25, -0.2) is 9.97 Å². The summed E-state index contributed by atoms with van der Waals surface area (Å²) < 4.78 is 0. The second-order valence-corrected chi connectivity index (χ2v) is 5.75. The molecule has 4 heterocycles. The van der Waals surface area contributed by atoms with Crippen LogP contribution in [0.25, 0.3) is 11.4 Å². The minimum atomic E-state index is 0.404. The SMILES string of the molecule is Cc1nc(-c2ccccn2)c2c(n1)[C@H]1CCC[C@@H](C2)N1. The molecule has 2 bridgehead atoms. The van der Waals surface area contributed by atoms with Gasteiger partial charge < -0.3 is 5.32 Å². The second-order valence-electron chi connectivity index (χ2n) is 5.75. The van der Waals surface area contributed by atoms with E-state index in [1.807, 2.05) is 31.3 Å². The van der Waals surface area contributed by atoms with Crippen LogP contribution in [0.2, 0.25) is 0 Å². The van der Waals surface area contributed by atoms with Gasteiger partial charge in [0.2, 0.25) is 0 Å². The summed E-state index contributed by atoms with van der Waals surface area (Å²) in [5.74, 6) is 0.843. The van der Waals surface area contributed by atoms with E-state index >= 15 is 0 Å². The number of pyridine rings is 1. The zero-order chi connectivity index (χ0) is 13.5. The first-order valence-electron chi connectivity index (χ1n) is 7.36. The van der Waals surface area contributed by atoms with Gasteiger partial charge in [0.1, 0.15) is 5.82 Å². The molecule has 0 spiro atoms. The molecule has 1 saturated heterocycles. The molecule has 1 fully saturated rings. The molecule has 2 atom stereocenters. The molecule has 0 aliphatic carbocycles. The van der Waals surface area contributed by atoms with E-state index in [1.54, 1.807) is 0 Å². The summed E-state index contributed by atoms with van der Waals surface area (Å²) in [7, 11) is 0. The molecule has 4 heteroatoms. The Morgan fingerprint density at radius 3 is 3.00 bits per heavy atom. The van der Waals surface area contributed by atoms with Crippen molar-refractivity contribution >= 4 is 0 Å². The van der Waals surface area contributed by atoms with Gasteiger partial charge in [0, 0.05) is 17.8 Å². The van der Waals surface area contributed by atoms with E-state index in [-0.39, 0.29) is 0 Å². The molecule has 4 nitrogen and oxygen atoms in total. The first-order chi connectivity index (χ1) is 9.81. The standard InChI is InChI=1S/C16H18N4/c1-10-18-15(13-6-2-3-8-17-13)12-9-11-5-4-7-14(20-11)16(12)19-10/h2-3,6,8,11,14,20H,4-5,7,9H2,1H3/t11-,14+/m0/s1. The molecule has 2 aliphatic rings. The molecule has 1 N–H and O–H groups in total. The van der Waals surface area contributed by atoms with E-state index in [9.17, 15) is 0 Å². The van der Waals surface area contributed by atoms with Crippen LogP contribution in [-0.2, 0) is 6.42 Å². The van der Waals surface area contributed by atoms with Gasteiger partial charge in [0.25, 0.3) is 0 Å². The van der Waals surface area contributed by atoms with E-state index in [0.29, 0.717) is 12.1 Å². The Labute approximate surface area is 118 Å². The maximum Gasteiger partial charge on any atom is 0.126 e. The summed E-state index contributed by atoms with van der Waals surface area (Å²) in [6, 6.07) is 6.99. The Kier molecular flexibility index (Phi) is 2.77. The molecular formula is C16H18N4. The van der Waals surface area contributed by atoms with Gasteiger partial charge in [0.05, 0.1) is 23.1 Å². The minimum Gasteiger partial charge on any atom is -0.305 e. The van der Waals surface area contributed by atoms with Crippen LogP contribution in [0, 0.1) is 6.92 Å². The van der Waals surface area contributed by atoms with E-state index in [1.165, 1.54) is 30.5 Å². The summed E-state index contributed by atoms with van der Waals surface area (Å²) in [5.41, 5.74) is 4.51. The van der Waals surface area contributed by atoms with Crippen LogP contribution in [0.5, 0.6) is 0 Å².